The molecule has 1 heterocycles. The van der Waals surface area contributed by atoms with Crippen molar-refractivity contribution < 1.29 is 31.9 Å². The van der Waals surface area contributed by atoms with E-state index in [1.165, 1.54) is 25.1 Å². The van der Waals surface area contributed by atoms with Crippen LogP contribution < -0.4 is 9.46 Å². The zero-order chi connectivity index (χ0) is 17.2. The molecule has 7 nitrogen and oxygen atoms in total. The van der Waals surface area contributed by atoms with Gasteiger partial charge in [0.05, 0.1) is 5.75 Å². The van der Waals surface area contributed by atoms with Crippen LogP contribution in [0.15, 0.2) is 28.7 Å². The van der Waals surface area contributed by atoms with E-state index in [1.807, 2.05) is 0 Å². The zero-order valence-electron chi connectivity index (χ0n) is 12.3. The predicted molar refractivity (Wildman–Crippen MR) is 80.2 cm³/mol. The van der Waals surface area contributed by atoms with Gasteiger partial charge in [0.1, 0.15) is 5.82 Å². The van der Waals surface area contributed by atoms with Crippen LogP contribution in [0.25, 0.3) is 11.3 Å². The van der Waals surface area contributed by atoms with E-state index in [4.69, 9.17) is 9.15 Å². The lowest BCUT2D eigenvalue weighted by Crippen LogP contribution is -2.15. The third-order valence-electron chi connectivity index (χ3n) is 2.80. The van der Waals surface area contributed by atoms with Crippen molar-refractivity contribution in [1.29, 1.82) is 0 Å². The van der Waals surface area contributed by atoms with Gasteiger partial charge < -0.3 is 14.3 Å². The molecule has 0 fully saturated rings. The van der Waals surface area contributed by atoms with Crippen molar-refractivity contribution in [2.75, 3.05) is 10.5 Å². The van der Waals surface area contributed by atoms with Crippen molar-refractivity contribution >= 4 is 21.9 Å². The molecule has 0 amide bonds. The van der Waals surface area contributed by atoms with E-state index in [-0.39, 0.29) is 17.1 Å². The summed E-state index contributed by atoms with van der Waals surface area (Å²) in [6.07, 6.45) is 0. The highest BCUT2D eigenvalue weighted by Gasteiger charge is 2.26. The monoisotopic (exact) mass is 343 g/mol. The number of carbonyl (C=O) groups is 1. The number of nitrogens with one attached hydrogen (secondary N) is 1. The minimum Gasteiger partial charge on any atom is -0.502 e. The van der Waals surface area contributed by atoms with Crippen LogP contribution in [-0.2, 0) is 14.8 Å². The van der Waals surface area contributed by atoms with Gasteiger partial charge in [-0.15, -0.1) is 0 Å². The number of hydrogen-bond acceptors (Lipinski definition) is 6. The van der Waals surface area contributed by atoms with Gasteiger partial charge in [-0.2, -0.15) is 0 Å². The minimum absolute atomic E-state index is 0.151. The van der Waals surface area contributed by atoms with Crippen LogP contribution in [0.4, 0.5) is 10.3 Å². The van der Waals surface area contributed by atoms with E-state index < -0.39 is 39.2 Å². The lowest BCUT2D eigenvalue weighted by molar-refractivity contribution is -0.131. The van der Waals surface area contributed by atoms with Crippen molar-refractivity contribution in [2.45, 2.75) is 13.8 Å². The molecule has 1 aromatic heterocycles. The smallest absolute Gasteiger partial charge is 0.308 e. The number of furan rings is 1. The van der Waals surface area contributed by atoms with E-state index in [1.54, 1.807) is 0 Å². The van der Waals surface area contributed by atoms with Crippen LogP contribution in [0, 0.1) is 5.82 Å². The molecule has 23 heavy (non-hydrogen) atoms. The van der Waals surface area contributed by atoms with Crippen molar-refractivity contribution in [3.05, 3.63) is 30.1 Å². The summed E-state index contributed by atoms with van der Waals surface area (Å²) in [6, 6.07) is 5.09. The first-order chi connectivity index (χ1) is 10.7. The van der Waals surface area contributed by atoms with E-state index in [2.05, 4.69) is 4.72 Å². The summed E-state index contributed by atoms with van der Waals surface area (Å²) in [5.74, 6) is -3.41. The highest BCUT2D eigenvalue weighted by atomic mass is 32.2. The Balaban J connectivity index is 2.57. The molecular formula is C14H14FNO6S. The Labute approximate surface area is 131 Å². The van der Waals surface area contributed by atoms with Gasteiger partial charge in [-0.25, -0.2) is 17.5 Å². The molecule has 0 spiro atoms. The second-order valence-electron chi connectivity index (χ2n) is 4.55. The van der Waals surface area contributed by atoms with Crippen molar-refractivity contribution in [3.8, 4) is 22.8 Å². The van der Waals surface area contributed by atoms with Gasteiger partial charge in [-0.1, -0.05) is 12.1 Å². The molecule has 0 bridgehead atoms. The Morgan fingerprint density at radius 3 is 2.70 bits per heavy atom. The number of benzene rings is 1. The molecule has 0 aliphatic carbocycles. The summed E-state index contributed by atoms with van der Waals surface area (Å²) < 4.78 is 48.7. The SMILES string of the molecule is CCS(=O)(=O)Nc1oc(-c2cccc(F)c2)c(O)c1OC(C)=O. The first-order valence-electron chi connectivity index (χ1n) is 6.54. The number of hydrogen-bond donors (Lipinski definition) is 2. The van der Waals surface area contributed by atoms with Gasteiger partial charge in [0.15, 0.2) is 5.76 Å². The number of rotatable bonds is 5. The molecule has 0 saturated heterocycles. The first kappa shape index (κ1) is 16.8. The Kier molecular flexibility index (Phi) is 4.60. The molecule has 2 N–H and O–H groups in total. The number of carbonyl (C=O) groups excluding carboxylic acids is 1. The van der Waals surface area contributed by atoms with Gasteiger partial charge in [-0.3, -0.25) is 4.79 Å². The molecule has 0 unspecified atom stereocenters. The maximum absolute atomic E-state index is 13.3. The molecule has 0 aliphatic rings. The highest BCUT2D eigenvalue weighted by molar-refractivity contribution is 7.92. The summed E-state index contributed by atoms with van der Waals surface area (Å²) in [4.78, 5) is 11.1. The maximum Gasteiger partial charge on any atom is 0.308 e. The Hall–Kier alpha value is -2.55. The van der Waals surface area contributed by atoms with Crippen molar-refractivity contribution in [1.82, 2.24) is 0 Å². The van der Waals surface area contributed by atoms with Crippen LogP contribution >= 0.6 is 0 Å². The van der Waals surface area contributed by atoms with Gasteiger partial charge in [-0.05, 0) is 19.1 Å². The number of ether oxygens (including phenoxy) is 1. The fraction of sp³-hybridized carbons (Fsp3) is 0.214. The van der Waals surface area contributed by atoms with E-state index in [9.17, 15) is 22.7 Å². The minimum atomic E-state index is -3.74. The molecule has 0 aliphatic heterocycles. The van der Waals surface area contributed by atoms with Crippen LogP contribution in [0.2, 0.25) is 0 Å². The summed E-state index contributed by atoms with van der Waals surface area (Å²) in [6.45, 7) is 2.47. The van der Waals surface area contributed by atoms with Crippen molar-refractivity contribution in [2.24, 2.45) is 0 Å². The van der Waals surface area contributed by atoms with Crippen LogP contribution in [-0.4, -0.2) is 25.2 Å². The predicted octanol–water partition coefficient (Wildman–Crippen LogP) is 2.48. The average Bonchev–Trinajstić information content (AvgIpc) is 2.75. The molecular weight excluding hydrogens is 329 g/mol. The lowest BCUT2D eigenvalue weighted by atomic mass is 10.1. The number of esters is 1. The maximum atomic E-state index is 13.3. The van der Waals surface area contributed by atoms with Crippen molar-refractivity contribution in [3.63, 3.8) is 0 Å². The third-order valence-corrected chi connectivity index (χ3v) is 4.06. The largest absolute Gasteiger partial charge is 0.502 e. The second-order valence-corrected chi connectivity index (χ2v) is 6.56. The van der Waals surface area contributed by atoms with Gasteiger partial charge in [0.25, 0.3) is 5.88 Å². The van der Waals surface area contributed by atoms with Crippen LogP contribution in [0.1, 0.15) is 13.8 Å². The fourth-order valence-electron chi connectivity index (χ4n) is 1.75. The lowest BCUT2D eigenvalue weighted by Gasteiger charge is -2.04. The number of sulfonamides is 1. The average molecular weight is 343 g/mol. The molecule has 124 valence electrons. The molecule has 2 aromatic rings. The number of aromatic hydroxyl groups is 1. The summed E-state index contributed by atoms with van der Waals surface area (Å²) in [7, 11) is -3.74. The Bertz CT molecular complexity index is 843. The molecule has 1 aromatic carbocycles. The number of halogens is 1. The van der Waals surface area contributed by atoms with Crippen LogP contribution in [0.5, 0.6) is 11.5 Å². The second kappa shape index (κ2) is 6.29. The summed E-state index contributed by atoms with van der Waals surface area (Å²) in [5.41, 5.74) is 0.151. The number of anilines is 1. The van der Waals surface area contributed by atoms with E-state index >= 15 is 0 Å². The van der Waals surface area contributed by atoms with E-state index in [0.717, 1.165) is 13.0 Å². The quantitative estimate of drug-likeness (QED) is 0.808. The molecule has 9 heteroatoms. The summed E-state index contributed by atoms with van der Waals surface area (Å²) in [5, 5.41) is 10.1. The Morgan fingerprint density at radius 2 is 2.13 bits per heavy atom. The summed E-state index contributed by atoms with van der Waals surface area (Å²) >= 11 is 0. The fourth-order valence-corrected chi connectivity index (χ4v) is 2.31. The highest BCUT2D eigenvalue weighted by Crippen LogP contribution is 2.46. The molecule has 2 rings (SSSR count). The normalized spacial score (nSPS) is 11.3. The molecule has 0 saturated carbocycles. The van der Waals surface area contributed by atoms with E-state index in [0.29, 0.717) is 0 Å². The van der Waals surface area contributed by atoms with Gasteiger partial charge in [0.2, 0.25) is 21.5 Å². The topological polar surface area (TPSA) is 106 Å². The third kappa shape index (κ3) is 3.81. The standard InChI is InChI=1S/C14H14FNO6S/c1-3-23(19,20)16-14-13(21-8(2)17)11(18)12(22-14)9-5-4-6-10(15)7-9/h4-7,16,18H,3H2,1-2H3. The molecule has 0 radical (unpaired) electrons. The zero-order valence-corrected chi connectivity index (χ0v) is 13.1. The van der Waals surface area contributed by atoms with Gasteiger partial charge in [0, 0.05) is 12.5 Å². The van der Waals surface area contributed by atoms with Gasteiger partial charge >= 0.3 is 5.97 Å². The molecule has 0 atom stereocenters. The Morgan fingerprint density at radius 1 is 1.43 bits per heavy atom. The van der Waals surface area contributed by atoms with Crippen LogP contribution in [0.3, 0.4) is 0 Å². The first-order valence-corrected chi connectivity index (χ1v) is 8.19.